The molecule has 1 amide bonds. The van der Waals surface area contributed by atoms with E-state index in [2.05, 4.69) is 5.32 Å². The third kappa shape index (κ3) is 7.00. The molecule has 1 saturated heterocycles. The quantitative estimate of drug-likeness (QED) is 0.408. The number of amides is 1. The molecule has 11 nitrogen and oxygen atoms in total. The molecule has 0 aromatic carbocycles. The predicted molar refractivity (Wildman–Crippen MR) is 90.9 cm³/mol. The Balaban J connectivity index is 2.91. The molecule has 0 saturated carbocycles. The van der Waals surface area contributed by atoms with Gasteiger partial charge in [0.25, 0.3) is 0 Å². The third-order valence-corrected chi connectivity index (χ3v) is 4.30. The summed E-state index contributed by atoms with van der Waals surface area (Å²) in [5, 5.41) is 32.4. The zero-order chi connectivity index (χ0) is 20.8. The number of nitro groups is 1. The minimum Gasteiger partial charge on any atom is -0.481 e. The third-order valence-electron chi connectivity index (χ3n) is 4.30. The zero-order valence-electron chi connectivity index (χ0n) is 15.6. The first-order chi connectivity index (χ1) is 12.4. The smallest absolute Gasteiger partial charge is 0.408 e. The van der Waals surface area contributed by atoms with Gasteiger partial charge in [-0.25, -0.2) is 9.59 Å². The number of rotatable bonds is 8. The predicted octanol–water partition coefficient (Wildman–Crippen LogP) is 1.27. The molecule has 2 atom stereocenters. The maximum Gasteiger partial charge on any atom is 0.408 e. The number of hydrogen-bond acceptors (Lipinski definition) is 7. The molecule has 27 heavy (non-hydrogen) atoms. The van der Waals surface area contributed by atoms with Gasteiger partial charge in [-0.2, -0.15) is 0 Å². The number of alkyl carbamates (subject to hydrolysis) is 1. The van der Waals surface area contributed by atoms with Crippen LogP contribution in [-0.4, -0.2) is 63.6 Å². The van der Waals surface area contributed by atoms with Crippen LogP contribution >= 0.6 is 0 Å². The first-order valence-electron chi connectivity index (χ1n) is 8.54. The summed E-state index contributed by atoms with van der Waals surface area (Å²) in [6, 6.07) is -1.55. The molecule has 0 bridgehead atoms. The highest BCUT2D eigenvalue weighted by molar-refractivity contribution is 5.81. The number of carbonyl (C=O) groups is 3. The number of carboxylic acids is 2. The van der Waals surface area contributed by atoms with Crippen molar-refractivity contribution in [2.45, 2.75) is 63.6 Å². The molecule has 0 aromatic heterocycles. The van der Waals surface area contributed by atoms with Gasteiger partial charge in [0.1, 0.15) is 11.6 Å². The van der Waals surface area contributed by atoms with Gasteiger partial charge in [0.15, 0.2) is 0 Å². The van der Waals surface area contributed by atoms with Crippen molar-refractivity contribution in [2.75, 3.05) is 13.2 Å². The van der Waals surface area contributed by atoms with Gasteiger partial charge in [-0.15, -0.1) is 0 Å². The van der Waals surface area contributed by atoms with Crippen LogP contribution in [-0.2, 0) is 19.1 Å². The molecule has 1 heterocycles. The monoisotopic (exact) mass is 390 g/mol. The summed E-state index contributed by atoms with van der Waals surface area (Å²) in [5.41, 5.74) is -2.35. The van der Waals surface area contributed by atoms with Crippen molar-refractivity contribution < 1.29 is 39.0 Å². The Labute approximate surface area is 156 Å². The molecule has 0 radical (unpaired) electrons. The van der Waals surface area contributed by atoms with Crippen LogP contribution in [0.2, 0.25) is 0 Å². The Hall–Kier alpha value is -2.43. The van der Waals surface area contributed by atoms with Gasteiger partial charge in [0, 0.05) is 24.2 Å². The highest BCUT2D eigenvalue weighted by Crippen LogP contribution is 2.33. The van der Waals surface area contributed by atoms with E-state index in [1.807, 2.05) is 0 Å². The van der Waals surface area contributed by atoms with E-state index < -0.39 is 52.5 Å². The van der Waals surface area contributed by atoms with E-state index in [0.29, 0.717) is 0 Å². The van der Waals surface area contributed by atoms with Gasteiger partial charge in [0.05, 0.1) is 19.1 Å². The lowest BCUT2D eigenvalue weighted by Gasteiger charge is -2.31. The molecule has 0 spiro atoms. The maximum atomic E-state index is 11.8. The van der Waals surface area contributed by atoms with Crippen LogP contribution in [0, 0.1) is 16.0 Å². The number of carboxylic acid groups (broad SMARTS) is 2. The SMILES string of the molecule is CC(C)(C)OC(=O)NC(CC(CC1([N+](=O)[O-])CCOCC1)C(=O)O)C(=O)O. The van der Waals surface area contributed by atoms with Crippen molar-refractivity contribution in [3.63, 3.8) is 0 Å². The molecule has 154 valence electrons. The van der Waals surface area contributed by atoms with Crippen LogP contribution in [0.4, 0.5) is 4.79 Å². The van der Waals surface area contributed by atoms with Crippen LogP contribution in [0.25, 0.3) is 0 Å². The Bertz CT molecular complexity index is 579. The number of nitrogens with zero attached hydrogens (tertiary/aromatic N) is 1. The molecule has 1 aliphatic rings. The van der Waals surface area contributed by atoms with E-state index >= 15 is 0 Å². The van der Waals surface area contributed by atoms with Gasteiger partial charge in [-0.3, -0.25) is 14.9 Å². The number of ether oxygens (including phenoxy) is 2. The molecule has 2 unspecified atom stereocenters. The number of hydrogen-bond donors (Lipinski definition) is 3. The molecule has 3 N–H and O–H groups in total. The summed E-state index contributed by atoms with van der Waals surface area (Å²) in [7, 11) is 0. The second-order valence-corrected chi connectivity index (χ2v) is 7.61. The van der Waals surface area contributed by atoms with Gasteiger partial charge in [0.2, 0.25) is 5.54 Å². The minimum atomic E-state index is -1.55. The topological polar surface area (TPSA) is 165 Å². The maximum absolute atomic E-state index is 11.8. The van der Waals surface area contributed by atoms with E-state index in [1.54, 1.807) is 20.8 Å². The first kappa shape index (κ1) is 22.6. The van der Waals surface area contributed by atoms with Crippen molar-refractivity contribution in [2.24, 2.45) is 5.92 Å². The van der Waals surface area contributed by atoms with Gasteiger partial charge in [-0.1, -0.05) is 0 Å². The van der Waals surface area contributed by atoms with E-state index in [4.69, 9.17) is 9.47 Å². The lowest BCUT2D eigenvalue weighted by atomic mass is 9.79. The molecule has 1 aliphatic heterocycles. The van der Waals surface area contributed by atoms with Crippen molar-refractivity contribution in [1.29, 1.82) is 0 Å². The van der Waals surface area contributed by atoms with Gasteiger partial charge in [-0.05, 0) is 27.2 Å². The van der Waals surface area contributed by atoms with E-state index in [0.717, 1.165) is 0 Å². The largest absolute Gasteiger partial charge is 0.481 e. The summed E-state index contributed by atoms with van der Waals surface area (Å²) in [4.78, 5) is 45.9. The Kier molecular flexibility index (Phi) is 7.52. The van der Waals surface area contributed by atoms with Crippen LogP contribution in [0.3, 0.4) is 0 Å². The molecular formula is C16H26N2O9. The van der Waals surface area contributed by atoms with Crippen LogP contribution in [0.15, 0.2) is 0 Å². The fraction of sp³-hybridized carbons (Fsp3) is 0.812. The Morgan fingerprint density at radius 1 is 1.22 bits per heavy atom. The average Bonchev–Trinajstić information content (AvgIpc) is 2.52. The molecule has 0 aromatic rings. The summed E-state index contributed by atoms with van der Waals surface area (Å²) in [5.74, 6) is -4.14. The Morgan fingerprint density at radius 3 is 2.19 bits per heavy atom. The highest BCUT2D eigenvalue weighted by atomic mass is 16.6. The highest BCUT2D eigenvalue weighted by Gasteiger charge is 2.48. The summed E-state index contributed by atoms with van der Waals surface area (Å²) in [6.45, 7) is 5.04. The van der Waals surface area contributed by atoms with Crippen molar-refractivity contribution >= 4 is 18.0 Å². The average molecular weight is 390 g/mol. The normalized spacial score (nSPS) is 18.8. The first-order valence-corrected chi connectivity index (χ1v) is 8.54. The van der Waals surface area contributed by atoms with Crippen LogP contribution in [0.1, 0.15) is 46.5 Å². The zero-order valence-corrected chi connectivity index (χ0v) is 15.6. The lowest BCUT2D eigenvalue weighted by Crippen LogP contribution is -2.49. The fourth-order valence-corrected chi connectivity index (χ4v) is 2.90. The Morgan fingerprint density at radius 2 is 1.78 bits per heavy atom. The van der Waals surface area contributed by atoms with E-state index in [9.17, 15) is 34.7 Å². The summed E-state index contributed by atoms with van der Waals surface area (Å²) >= 11 is 0. The van der Waals surface area contributed by atoms with Gasteiger partial charge < -0.3 is 25.0 Å². The molecule has 1 fully saturated rings. The number of aliphatic carboxylic acids is 2. The van der Waals surface area contributed by atoms with Crippen molar-refractivity contribution in [3.05, 3.63) is 10.1 Å². The second-order valence-electron chi connectivity index (χ2n) is 7.61. The van der Waals surface area contributed by atoms with Crippen molar-refractivity contribution in [1.82, 2.24) is 5.32 Å². The lowest BCUT2D eigenvalue weighted by molar-refractivity contribution is -0.579. The van der Waals surface area contributed by atoms with E-state index in [-0.39, 0.29) is 32.5 Å². The minimum absolute atomic E-state index is 0.0427. The number of carbonyl (C=O) groups excluding carboxylic acids is 1. The van der Waals surface area contributed by atoms with Gasteiger partial charge >= 0.3 is 18.0 Å². The van der Waals surface area contributed by atoms with Crippen molar-refractivity contribution in [3.8, 4) is 0 Å². The summed E-state index contributed by atoms with van der Waals surface area (Å²) in [6.07, 6.45) is -1.77. The van der Waals surface area contributed by atoms with Crippen LogP contribution < -0.4 is 5.32 Å². The standard InChI is InChI=1S/C16H26N2O9/c1-15(2,3)27-14(23)17-11(13(21)22)8-10(12(19)20)9-16(18(24)25)4-6-26-7-5-16/h10-11H,4-9H2,1-3H3,(H,17,23)(H,19,20)(H,21,22). The molecular weight excluding hydrogens is 364 g/mol. The summed E-state index contributed by atoms with van der Waals surface area (Å²) < 4.78 is 10.1. The van der Waals surface area contributed by atoms with Crippen LogP contribution in [0.5, 0.6) is 0 Å². The second kappa shape index (κ2) is 8.98. The molecule has 1 rings (SSSR count). The molecule has 0 aliphatic carbocycles. The number of nitrogens with one attached hydrogen (secondary N) is 1. The fourth-order valence-electron chi connectivity index (χ4n) is 2.90. The molecule has 11 heteroatoms. The van der Waals surface area contributed by atoms with E-state index in [1.165, 1.54) is 0 Å².